The van der Waals surface area contributed by atoms with Crippen LogP contribution in [0.3, 0.4) is 0 Å². The van der Waals surface area contributed by atoms with Crippen LogP contribution in [0.1, 0.15) is 17.8 Å². The predicted octanol–water partition coefficient (Wildman–Crippen LogP) is 2.05. The van der Waals surface area contributed by atoms with Gasteiger partial charge >= 0.3 is 0 Å². The summed E-state index contributed by atoms with van der Waals surface area (Å²) in [6.45, 7) is 0.534. The van der Waals surface area contributed by atoms with Crippen LogP contribution in [-0.2, 0) is 17.8 Å². The number of nitrogens with zero attached hydrogens (tertiary/aromatic N) is 3. The number of benzene rings is 1. The smallest absolute Gasteiger partial charge is 0.223 e. The van der Waals surface area contributed by atoms with E-state index in [1.807, 2.05) is 6.07 Å². The van der Waals surface area contributed by atoms with E-state index in [0.717, 1.165) is 5.56 Å². The second-order valence-corrected chi connectivity index (χ2v) is 5.72. The number of hydrogen-bond donors (Lipinski definition) is 2. The zero-order valence-electron chi connectivity index (χ0n) is 13.7. The number of hydrogen-bond acceptors (Lipinski definition) is 4. The number of aromatic amines is 1. The molecule has 1 amide bonds. The first-order chi connectivity index (χ1) is 12.2. The normalized spacial score (nSPS) is 11.0. The van der Waals surface area contributed by atoms with Gasteiger partial charge in [-0.15, -0.1) is 0 Å². The molecule has 2 aromatic heterocycles. The van der Waals surface area contributed by atoms with Crippen LogP contribution in [-0.4, -0.2) is 44.0 Å². The van der Waals surface area contributed by atoms with Gasteiger partial charge in [0.15, 0.2) is 5.82 Å². The molecule has 0 aliphatic carbocycles. The maximum atomic E-state index is 13.7. The number of carbonyl (C=O) groups excluding carboxylic acids is 1. The number of aliphatic hydroxyl groups is 1. The Morgan fingerprint density at radius 2 is 2.16 bits per heavy atom. The van der Waals surface area contributed by atoms with E-state index < -0.39 is 0 Å². The Bertz CT molecular complexity index is 851. The zero-order valence-corrected chi connectivity index (χ0v) is 13.7. The molecule has 130 valence electrons. The number of nitrogens with one attached hydrogen (secondary N) is 1. The minimum Gasteiger partial charge on any atom is -0.395 e. The van der Waals surface area contributed by atoms with Crippen LogP contribution < -0.4 is 0 Å². The first-order valence-corrected chi connectivity index (χ1v) is 8.08. The Morgan fingerprint density at radius 3 is 2.88 bits per heavy atom. The lowest BCUT2D eigenvalue weighted by atomic mass is 10.2. The molecule has 25 heavy (non-hydrogen) atoms. The van der Waals surface area contributed by atoms with Gasteiger partial charge in [0.1, 0.15) is 11.3 Å². The Labute approximate surface area is 144 Å². The van der Waals surface area contributed by atoms with Gasteiger partial charge in [0.25, 0.3) is 0 Å². The summed E-state index contributed by atoms with van der Waals surface area (Å²) in [5, 5.41) is 9.20. The molecule has 2 heterocycles. The number of halogens is 1. The van der Waals surface area contributed by atoms with Crippen molar-refractivity contribution in [2.45, 2.75) is 19.4 Å². The second-order valence-electron chi connectivity index (χ2n) is 5.72. The molecule has 7 heteroatoms. The standard InChI is InChI=1S/C18H19FN4O2/c19-14-4-1-5-15-18(14)22-16(21-15)6-7-17(25)23(9-10-24)12-13-3-2-8-20-11-13/h1-5,8,11,24H,6-7,9-10,12H2,(H,21,22). The molecule has 0 aliphatic rings. The minimum atomic E-state index is -0.384. The average molecular weight is 342 g/mol. The number of carbonyl (C=O) groups is 1. The quantitative estimate of drug-likeness (QED) is 0.688. The fourth-order valence-electron chi connectivity index (χ4n) is 2.67. The van der Waals surface area contributed by atoms with Crippen molar-refractivity contribution in [3.63, 3.8) is 0 Å². The molecule has 0 radical (unpaired) electrons. The number of fused-ring (bicyclic) bond motifs is 1. The maximum Gasteiger partial charge on any atom is 0.223 e. The molecule has 3 rings (SSSR count). The lowest BCUT2D eigenvalue weighted by molar-refractivity contribution is -0.132. The van der Waals surface area contributed by atoms with E-state index in [4.69, 9.17) is 0 Å². The Balaban J connectivity index is 1.65. The van der Waals surface area contributed by atoms with Gasteiger partial charge < -0.3 is 15.0 Å². The third kappa shape index (κ3) is 4.19. The summed E-state index contributed by atoms with van der Waals surface area (Å²) >= 11 is 0. The van der Waals surface area contributed by atoms with E-state index in [1.54, 1.807) is 35.5 Å². The fraction of sp³-hybridized carbons (Fsp3) is 0.278. The highest BCUT2D eigenvalue weighted by atomic mass is 19.1. The van der Waals surface area contributed by atoms with Gasteiger partial charge in [0.05, 0.1) is 12.1 Å². The summed E-state index contributed by atoms with van der Waals surface area (Å²) in [5.41, 5.74) is 1.80. The van der Waals surface area contributed by atoms with Crippen molar-refractivity contribution < 1.29 is 14.3 Å². The topological polar surface area (TPSA) is 82.1 Å². The van der Waals surface area contributed by atoms with E-state index in [2.05, 4.69) is 15.0 Å². The number of pyridine rings is 1. The third-order valence-electron chi connectivity index (χ3n) is 3.91. The first-order valence-electron chi connectivity index (χ1n) is 8.08. The molecule has 0 bridgehead atoms. The first kappa shape index (κ1) is 17.0. The summed E-state index contributed by atoms with van der Waals surface area (Å²) < 4.78 is 13.7. The SMILES string of the molecule is O=C(CCc1nc2c(F)cccc2[nH]1)N(CCO)Cc1cccnc1. The molecule has 6 nitrogen and oxygen atoms in total. The lowest BCUT2D eigenvalue weighted by Gasteiger charge is -2.21. The molecule has 0 spiro atoms. The summed E-state index contributed by atoms with van der Waals surface area (Å²) in [6, 6.07) is 8.40. The molecule has 0 fully saturated rings. The van der Waals surface area contributed by atoms with Crippen LogP contribution in [0.5, 0.6) is 0 Å². The van der Waals surface area contributed by atoms with Crippen molar-refractivity contribution >= 4 is 16.9 Å². The number of aryl methyl sites for hydroxylation is 1. The lowest BCUT2D eigenvalue weighted by Crippen LogP contribution is -2.33. The van der Waals surface area contributed by atoms with Crippen LogP contribution in [0.25, 0.3) is 11.0 Å². The van der Waals surface area contributed by atoms with E-state index in [-0.39, 0.29) is 36.8 Å². The van der Waals surface area contributed by atoms with Crippen molar-refractivity contribution in [3.8, 4) is 0 Å². The highest BCUT2D eigenvalue weighted by Gasteiger charge is 2.15. The number of aromatic nitrogens is 3. The summed E-state index contributed by atoms with van der Waals surface area (Å²) in [5.74, 6) is 0.0856. The summed E-state index contributed by atoms with van der Waals surface area (Å²) in [6.07, 6.45) is 3.96. The van der Waals surface area contributed by atoms with Gasteiger partial charge in [-0.05, 0) is 23.8 Å². The molecular weight excluding hydrogens is 323 g/mol. The molecule has 1 aromatic carbocycles. The molecule has 0 aliphatic heterocycles. The highest BCUT2D eigenvalue weighted by molar-refractivity contribution is 5.77. The van der Waals surface area contributed by atoms with Crippen LogP contribution in [0, 0.1) is 5.82 Å². The molecule has 0 saturated heterocycles. The van der Waals surface area contributed by atoms with Gasteiger partial charge in [-0.1, -0.05) is 12.1 Å². The maximum absolute atomic E-state index is 13.7. The van der Waals surface area contributed by atoms with Crippen molar-refractivity contribution in [2.24, 2.45) is 0 Å². The molecule has 2 N–H and O–H groups in total. The van der Waals surface area contributed by atoms with Crippen LogP contribution in [0.4, 0.5) is 4.39 Å². The number of aliphatic hydroxyl groups excluding tert-OH is 1. The molecule has 0 unspecified atom stereocenters. The molecule has 0 atom stereocenters. The Morgan fingerprint density at radius 1 is 1.28 bits per heavy atom. The van der Waals surface area contributed by atoms with Crippen LogP contribution in [0.15, 0.2) is 42.7 Å². The Kier molecular flexibility index (Phi) is 5.35. The second kappa shape index (κ2) is 7.85. The molecular formula is C18H19FN4O2. The van der Waals surface area contributed by atoms with Crippen LogP contribution in [0.2, 0.25) is 0 Å². The van der Waals surface area contributed by atoms with Gasteiger partial charge in [-0.2, -0.15) is 0 Å². The van der Waals surface area contributed by atoms with E-state index in [0.29, 0.717) is 24.3 Å². The zero-order chi connectivity index (χ0) is 17.6. The average Bonchev–Trinajstić information content (AvgIpc) is 3.05. The van der Waals surface area contributed by atoms with Crippen molar-refractivity contribution in [1.29, 1.82) is 0 Å². The minimum absolute atomic E-state index is 0.0983. The monoisotopic (exact) mass is 342 g/mol. The van der Waals surface area contributed by atoms with Crippen LogP contribution >= 0.6 is 0 Å². The van der Waals surface area contributed by atoms with E-state index in [1.165, 1.54) is 6.07 Å². The number of H-pyrrole nitrogens is 1. The third-order valence-corrected chi connectivity index (χ3v) is 3.91. The fourth-order valence-corrected chi connectivity index (χ4v) is 2.67. The van der Waals surface area contributed by atoms with Gasteiger partial charge in [-0.3, -0.25) is 9.78 Å². The van der Waals surface area contributed by atoms with E-state index >= 15 is 0 Å². The predicted molar refractivity (Wildman–Crippen MR) is 91.1 cm³/mol. The Hall–Kier alpha value is -2.80. The van der Waals surface area contributed by atoms with Gasteiger partial charge in [0.2, 0.25) is 5.91 Å². The van der Waals surface area contributed by atoms with Crippen molar-refractivity contribution in [2.75, 3.05) is 13.2 Å². The van der Waals surface area contributed by atoms with Crippen molar-refractivity contribution in [3.05, 3.63) is 59.9 Å². The summed E-state index contributed by atoms with van der Waals surface area (Å²) in [7, 11) is 0. The van der Waals surface area contributed by atoms with Gasteiger partial charge in [0, 0.05) is 38.3 Å². The molecule has 0 saturated carbocycles. The van der Waals surface area contributed by atoms with E-state index in [9.17, 15) is 14.3 Å². The molecule has 3 aromatic rings. The van der Waals surface area contributed by atoms with Crippen molar-refractivity contribution in [1.82, 2.24) is 19.9 Å². The number of imidazole rings is 1. The summed E-state index contributed by atoms with van der Waals surface area (Å²) in [4.78, 5) is 25.3. The number of rotatable bonds is 7. The van der Waals surface area contributed by atoms with Gasteiger partial charge in [-0.25, -0.2) is 9.37 Å². The largest absolute Gasteiger partial charge is 0.395 e. The highest BCUT2D eigenvalue weighted by Crippen LogP contribution is 2.16. The number of para-hydroxylation sites is 1. The number of amides is 1.